The van der Waals surface area contributed by atoms with Gasteiger partial charge in [0.15, 0.2) is 0 Å². The Morgan fingerprint density at radius 2 is 0.812 bits per heavy atom. The van der Waals surface area contributed by atoms with E-state index in [-0.39, 0.29) is 29.1 Å². The van der Waals surface area contributed by atoms with Crippen LogP contribution in [0.4, 0.5) is 0 Å². The fourth-order valence-electron chi connectivity index (χ4n) is 0.856. The van der Waals surface area contributed by atoms with Crippen molar-refractivity contribution < 1.29 is 31.9 Å². The molecule has 16 heavy (non-hydrogen) atoms. The standard InChI is InChI=1S/2C6H6O.CH3.Ti/c2*7-6-4-2-1-3-5-6;;/h2*1-5,7H;1H3;/q;;-1;. The Hall–Kier alpha value is -1.25. The van der Waals surface area contributed by atoms with E-state index in [1.807, 2.05) is 12.1 Å². The van der Waals surface area contributed by atoms with E-state index in [1.54, 1.807) is 48.5 Å². The second-order valence-corrected chi connectivity index (χ2v) is 2.67. The smallest absolute Gasteiger partial charge is 0.115 e. The maximum absolute atomic E-state index is 8.63. The molecule has 2 aromatic rings. The third-order valence-corrected chi connectivity index (χ3v) is 1.51. The minimum Gasteiger partial charge on any atom is -0.508 e. The van der Waals surface area contributed by atoms with Gasteiger partial charge in [-0.05, 0) is 24.3 Å². The molecule has 0 aliphatic heterocycles. The van der Waals surface area contributed by atoms with E-state index >= 15 is 0 Å². The van der Waals surface area contributed by atoms with Crippen molar-refractivity contribution in [3.63, 3.8) is 0 Å². The molecule has 0 saturated heterocycles. The minimum atomic E-state index is 0. The van der Waals surface area contributed by atoms with Crippen molar-refractivity contribution >= 4 is 0 Å². The van der Waals surface area contributed by atoms with Crippen LogP contribution in [0.15, 0.2) is 60.7 Å². The molecule has 0 aliphatic carbocycles. The van der Waals surface area contributed by atoms with E-state index in [9.17, 15) is 0 Å². The largest absolute Gasteiger partial charge is 0.508 e. The van der Waals surface area contributed by atoms with E-state index in [1.165, 1.54) is 0 Å². The molecule has 2 aromatic carbocycles. The predicted octanol–water partition coefficient (Wildman–Crippen LogP) is 3.23. The summed E-state index contributed by atoms with van der Waals surface area (Å²) in [6.45, 7) is 0. The van der Waals surface area contributed by atoms with Crippen molar-refractivity contribution in [1.82, 2.24) is 0 Å². The summed E-state index contributed by atoms with van der Waals surface area (Å²) in [5.74, 6) is 0.644. The normalized spacial score (nSPS) is 7.50. The molecule has 0 amide bonds. The molecule has 2 N–H and O–H groups in total. The molecule has 0 unspecified atom stereocenters. The number of phenolic OH excluding ortho intramolecular Hbond substituents is 2. The third kappa shape index (κ3) is 8.09. The van der Waals surface area contributed by atoms with Gasteiger partial charge in [0.05, 0.1) is 0 Å². The Morgan fingerprint density at radius 3 is 0.938 bits per heavy atom. The molecule has 0 aromatic heterocycles. The number of rotatable bonds is 0. The SMILES string of the molecule is Oc1ccccc1.Oc1ccccc1.[CH3-].[Ti]. The first-order valence-electron chi connectivity index (χ1n) is 4.27. The molecule has 84 valence electrons. The Balaban J connectivity index is 0. The summed E-state index contributed by atoms with van der Waals surface area (Å²) in [5, 5.41) is 17.3. The molecule has 0 aliphatic rings. The number of para-hydroxylation sites is 2. The van der Waals surface area contributed by atoms with Crippen LogP contribution in [0.3, 0.4) is 0 Å². The zero-order valence-electron chi connectivity index (χ0n) is 9.17. The molecular weight excluding hydrogens is 236 g/mol. The Kier molecular flexibility index (Phi) is 11.0. The number of benzene rings is 2. The van der Waals surface area contributed by atoms with E-state index < -0.39 is 0 Å². The topological polar surface area (TPSA) is 40.5 Å². The van der Waals surface area contributed by atoms with Gasteiger partial charge >= 0.3 is 0 Å². The average Bonchev–Trinajstić information content (AvgIpc) is 2.21. The molecule has 0 bridgehead atoms. The summed E-state index contributed by atoms with van der Waals surface area (Å²) < 4.78 is 0. The maximum atomic E-state index is 8.63. The van der Waals surface area contributed by atoms with Gasteiger partial charge < -0.3 is 17.6 Å². The third-order valence-electron chi connectivity index (χ3n) is 1.51. The van der Waals surface area contributed by atoms with E-state index in [0.29, 0.717) is 11.5 Å². The van der Waals surface area contributed by atoms with Crippen molar-refractivity contribution in [2.75, 3.05) is 0 Å². The van der Waals surface area contributed by atoms with Crippen molar-refractivity contribution in [3.8, 4) is 11.5 Å². The number of aromatic hydroxyl groups is 2. The van der Waals surface area contributed by atoms with Crippen LogP contribution in [0, 0.1) is 7.43 Å². The van der Waals surface area contributed by atoms with Crippen LogP contribution in [0.1, 0.15) is 0 Å². The Labute approximate surface area is 111 Å². The van der Waals surface area contributed by atoms with Crippen LogP contribution >= 0.6 is 0 Å². The fourth-order valence-corrected chi connectivity index (χ4v) is 0.856. The van der Waals surface area contributed by atoms with Gasteiger partial charge in [0.1, 0.15) is 11.5 Å². The first-order chi connectivity index (χ1) is 6.79. The summed E-state index contributed by atoms with van der Waals surface area (Å²) in [6, 6.07) is 17.4. The molecule has 0 radical (unpaired) electrons. The summed E-state index contributed by atoms with van der Waals surface area (Å²) in [5.41, 5.74) is 0. The van der Waals surface area contributed by atoms with Gasteiger partial charge in [-0.1, -0.05) is 36.4 Å². The van der Waals surface area contributed by atoms with Crippen molar-refractivity contribution in [2.45, 2.75) is 0 Å². The van der Waals surface area contributed by atoms with Gasteiger partial charge in [0.25, 0.3) is 0 Å². The van der Waals surface area contributed by atoms with E-state index in [0.717, 1.165) is 0 Å². The van der Waals surface area contributed by atoms with E-state index in [2.05, 4.69) is 0 Å². The molecule has 0 heterocycles. The van der Waals surface area contributed by atoms with Crippen molar-refractivity contribution in [1.29, 1.82) is 0 Å². The Morgan fingerprint density at radius 1 is 0.562 bits per heavy atom. The van der Waals surface area contributed by atoms with Gasteiger partial charge in [-0.15, -0.1) is 0 Å². The predicted molar refractivity (Wildman–Crippen MR) is 62.6 cm³/mol. The summed E-state index contributed by atoms with van der Waals surface area (Å²) in [7, 11) is 0. The zero-order valence-corrected chi connectivity index (χ0v) is 10.7. The maximum Gasteiger partial charge on any atom is 0.115 e. The van der Waals surface area contributed by atoms with Gasteiger partial charge in [-0.3, -0.25) is 0 Å². The molecular formula is C13H15O2Ti-. The van der Waals surface area contributed by atoms with Crippen LogP contribution in [0.2, 0.25) is 0 Å². The summed E-state index contributed by atoms with van der Waals surface area (Å²) in [6.07, 6.45) is 0. The van der Waals surface area contributed by atoms with Gasteiger partial charge in [0, 0.05) is 21.7 Å². The molecule has 2 rings (SSSR count). The summed E-state index contributed by atoms with van der Waals surface area (Å²) in [4.78, 5) is 0. The minimum absolute atomic E-state index is 0. The van der Waals surface area contributed by atoms with Crippen molar-refractivity contribution in [3.05, 3.63) is 68.1 Å². The monoisotopic (exact) mass is 251 g/mol. The number of phenols is 2. The summed E-state index contributed by atoms with van der Waals surface area (Å²) >= 11 is 0. The van der Waals surface area contributed by atoms with Crippen LogP contribution in [-0.2, 0) is 21.7 Å². The first-order valence-corrected chi connectivity index (χ1v) is 4.27. The molecule has 0 saturated carbocycles. The molecule has 0 spiro atoms. The number of hydrogen-bond acceptors (Lipinski definition) is 2. The fraction of sp³-hybridized carbons (Fsp3) is 0. The van der Waals surface area contributed by atoms with Crippen LogP contribution in [-0.4, -0.2) is 10.2 Å². The second-order valence-electron chi connectivity index (χ2n) is 2.67. The first kappa shape index (κ1) is 17.2. The van der Waals surface area contributed by atoms with Gasteiger partial charge in [0.2, 0.25) is 0 Å². The van der Waals surface area contributed by atoms with Gasteiger partial charge in [-0.25, -0.2) is 0 Å². The average molecular weight is 251 g/mol. The zero-order chi connectivity index (χ0) is 10.2. The van der Waals surface area contributed by atoms with Crippen molar-refractivity contribution in [2.24, 2.45) is 0 Å². The Bertz CT molecular complexity index is 311. The van der Waals surface area contributed by atoms with Crippen LogP contribution in [0.25, 0.3) is 0 Å². The molecule has 0 atom stereocenters. The van der Waals surface area contributed by atoms with Crippen LogP contribution in [0.5, 0.6) is 11.5 Å². The quantitative estimate of drug-likeness (QED) is 0.557. The number of hydrogen-bond donors (Lipinski definition) is 2. The van der Waals surface area contributed by atoms with E-state index in [4.69, 9.17) is 10.2 Å². The van der Waals surface area contributed by atoms with Crippen LogP contribution < -0.4 is 0 Å². The second kappa shape index (κ2) is 10.3. The molecule has 2 nitrogen and oxygen atoms in total. The molecule has 3 heteroatoms. The molecule has 0 fully saturated rings. The van der Waals surface area contributed by atoms with Gasteiger partial charge in [-0.2, -0.15) is 0 Å².